The summed E-state index contributed by atoms with van der Waals surface area (Å²) in [5.41, 5.74) is 1.00. The van der Waals surface area contributed by atoms with Crippen LogP contribution in [0.4, 0.5) is 0 Å². The molecule has 2 aromatic rings. The van der Waals surface area contributed by atoms with E-state index >= 15 is 0 Å². The SMILES string of the molecule is Cc1nc(S[C@H](C(=O)N2CCCC2)c2ccccc2)n[nH]1. The van der Waals surface area contributed by atoms with Crippen molar-refractivity contribution in [2.75, 3.05) is 13.1 Å². The molecule has 110 valence electrons. The predicted molar refractivity (Wildman–Crippen MR) is 82.0 cm³/mol. The largest absolute Gasteiger partial charge is 0.341 e. The second kappa shape index (κ2) is 6.30. The number of hydrogen-bond acceptors (Lipinski definition) is 4. The summed E-state index contributed by atoms with van der Waals surface area (Å²) in [7, 11) is 0. The van der Waals surface area contributed by atoms with Crippen LogP contribution in [0.1, 0.15) is 29.5 Å². The maximum absolute atomic E-state index is 12.8. The van der Waals surface area contributed by atoms with Crippen molar-refractivity contribution in [3.63, 3.8) is 0 Å². The van der Waals surface area contributed by atoms with Crippen molar-refractivity contribution < 1.29 is 4.79 Å². The monoisotopic (exact) mass is 302 g/mol. The fourth-order valence-corrected chi connectivity index (χ4v) is 3.51. The Morgan fingerprint density at radius 2 is 2.00 bits per heavy atom. The van der Waals surface area contributed by atoms with E-state index in [1.165, 1.54) is 11.8 Å². The van der Waals surface area contributed by atoms with Crippen LogP contribution in [0.15, 0.2) is 35.5 Å². The highest BCUT2D eigenvalue weighted by Crippen LogP contribution is 2.35. The third-order valence-electron chi connectivity index (χ3n) is 3.54. The molecule has 1 aliphatic rings. The maximum Gasteiger partial charge on any atom is 0.240 e. The van der Waals surface area contributed by atoms with Crippen LogP contribution in [0.25, 0.3) is 0 Å². The molecule has 1 aromatic carbocycles. The lowest BCUT2D eigenvalue weighted by Crippen LogP contribution is -2.31. The molecule has 1 N–H and O–H groups in total. The van der Waals surface area contributed by atoms with E-state index in [0.717, 1.165) is 37.3 Å². The van der Waals surface area contributed by atoms with Crippen molar-refractivity contribution in [3.8, 4) is 0 Å². The summed E-state index contributed by atoms with van der Waals surface area (Å²) in [6.07, 6.45) is 2.19. The van der Waals surface area contributed by atoms with Crippen LogP contribution in [0, 0.1) is 6.92 Å². The molecule has 0 spiro atoms. The van der Waals surface area contributed by atoms with Gasteiger partial charge < -0.3 is 4.90 Å². The van der Waals surface area contributed by atoms with E-state index in [0.29, 0.717) is 5.16 Å². The number of carbonyl (C=O) groups is 1. The van der Waals surface area contributed by atoms with Crippen molar-refractivity contribution in [3.05, 3.63) is 41.7 Å². The summed E-state index contributed by atoms with van der Waals surface area (Å²) in [6.45, 7) is 3.57. The second-order valence-corrected chi connectivity index (χ2v) is 6.22. The molecule has 21 heavy (non-hydrogen) atoms. The number of aromatic nitrogens is 3. The molecular formula is C15H18N4OS. The van der Waals surface area contributed by atoms with Crippen molar-refractivity contribution in [1.29, 1.82) is 0 Å². The molecule has 0 aliphatic carbocycles. The minimum Gasteiger partial charge on any atom is -0.341 e. The molecule has 6 heteroatoms. The highest BCUT2D eigenvalue weighted by atomic mass is 32.2. The Balaban J connectivity index is 1.85. The summed E-state index contributed by atoms with van der Waals surface area (Å²) >= 11 is 1.41. The standard InChI is InChI=1S/C15H18N4OS/c1-11-16-15(18-17-11)21-13(12-7-3-2-4-8-12)14(20)19-9-5-6-10-19/h2-4,7-8,13H,5-6,9-10H2,1H3,(H,16,17,18)/t13-/m0/s1. The molecule has 1 saturated heterocycles. The molecular weight excluding hydrogens is 284 g/mol. The van der Waals surface area contributed by atoms with Gasteiger partial charge in [0.2, 0.25) is 11.1 Å². The van der Waals surface area contributed by atoms with Crippen LogP contribution in [0.5, 0.6) is 0 Å². The van der Waals surface area contributed by atoms with Crippen molar-refractivity contribution in [2.45, 2.75) is 30.2 Å². The normalized spacial score (nSPS) is 16.1. The quantitative estimate of drug-likeness (QED) is 0.882. The second-order valence-electron chi connectivity index (χ2n) is 5.14. The van der Waals surface area contributed by atoms with E-state index in [1.54, 1.807) is 0 Å². The van der Waals surface area contributed by atoms with E-state index in [-0.39, 0.29) is 11.2 Å². The van der Waals surface area contributed by atoms with Gasteiger partial charge in [-0.2, -0.15) is 0 Å². The van der Waals surface area contributed by atoms with Crippen LogP contribution in [-0.4, -0.2) is 39.1 Å². The molecule has 1 fully saturated rings. The van der Waals surface area contributed by atoms with Crippen LogP contribution >= 0.6 is 11.8 Å². The van der Waals surface area contributed by atoms with Crippen LogP contribution in [0.2, 0.25) is 0 Å². The van der Waals surface area contributed by atoms with Crippen LogP contribution < -0.4 is 0 Å². The van der Waals surface area contributed by atoms with E-state index in [2.05, 4.69) is 15.2 Å². The van der Waals surface area contributed by atoms with Crippen molar-refractivity contribution in [2.24, 2.45) is 0 Å². The van der Waals surface area contributed by atoms with E-state index in [1.807, 2.05) is 42.2 Å². The van der Waals surface area contributed by atoms with Gasteiger partial charge in [-0.15, -0.1) is 5.10 Å². The minimum absolute atomic E-state index is 0.158. The number of benzene rings is 1. The molecule has 0 unspecified atom stereocenters. The van der Waals surface area contributed by atoms with Gasteiger partial charge in [0.25, 0.3) is 0 Å². The van der Waals surface area contributed by atoms with Crippen LogP contribution in [0.3, 0.4) is 0 Å². The fraction of sp³-hybridized carbons (Fsp3) is 0.400. The molecule has 1 aliphatic heterocycles. The lowest BCUT2D eigenvalue weighted by Gasteiger charge is -2.22. The van der Waals surface area contributed by atoms with Crippen molar-refractivity contribution in [1.82, 2.24) is 20.1 Å². The summed E-state index contributed by atoms with van der Waals surface area (Å²) in [5, 5.41) is 7.31. The summed E-state index contributed by atoms with van der Waals surface area (Å²) in [5.74, 6) is 0.920. The number of H-pyrrole nitrogens is 1. The number of thioether (sulfide) groups is 1. The maximum atomic E-state index is 12.8. The number of nitrogens with zero attached hydrogens (tertiary/aromatic N) is 3. The lowest BCUT2D eigenvalue weighted by molar-refractivity contribution is -0.129. The van der Waals surface area contributed by atoms with Gasteiger partial charge in [-0.25, -0.2) is 4.98 Å². The molecule has 1 aromatic heterocycles. The fourth-order valence-electron chi connectivity index (χ4n) is 2.47. The smallest absolute Gasteiger partial charge is 0.240 e. The first-order valence-corrected chi connectivity index (χ1v) is 8.01. The first-order valence-electron chi connectivity index (χ1n) is 7.13. The minimum atomic E-state index is -0.278. The summed E-state index contributed by atoms with van der Waals surface area (Å²) < 4.78 is 0. The third-order valence-corrected chi connectivity index (χ3v) is 4.65. The molecule has 3 rings (SSSR count). The Kier molecular flexibility index (Phi) is 4.24. The van der Waals surface area contributed by atoms with Gasteiger partial charge in [0.05, 0.1) is 0 Å². The number of aryl methyl sites for hydroxylation is 1. The summed E-state index contributed by atoms with van der Waals surface area (Å²) in [4.78, 5) is 19.1. The zero-order valence-electron chi connectivity index (χ0n) is 12.0. The Morgan fingerprint density at radius 3 is 2.62 bits per heavy atom. The summed E-state index contributed by atoms with van der Waals surface area (Å²) in [6, 6.07) is 9.87. The van der Waals surface area contributed by atoms with Gasteiger partial charge in [-0.05, 0) is 25.3 Å². The molecule has 0 saturated carbocycles. The van der Waals surface area contributed by atoms with Gasteiger partial charge >= 0.3 is 0 Å². The van der Waals surface area contributed by atoms with E-state index in [4.69, 9.17) is 0 Å². The zero-order chi connectivity index (χ0) is 14.7. The van der Waals surface area contributed by atoms with Gasteiger partial charge in [-0.3, -0.25) is 9.89 Å². The zero-order valence-corrected chi connectivity index (χ0v) is 12.8. The number of amides is 1. The number of carbonyl (C=O) groups excluding carboxylic acids is 1. The Hall–Kier alpha value is -1.82. The van der Waals surface area contributed by atoms with E-state index in [9.17, 15) is 4.79 Å². The van der Waals surface area contributed by atoms with Gasteiger partial charge in [0.15, 0.2) is 0 Å². The van der Waals surface area contributed by atoms with Crippen molar-refractivity contribution >= 4 is 17.7 Å². The number of rotatable bonds is 4. The Bertz CT molecular complexity index is 607. The molecule has 5 nitrogen and oxygen atoms in total. The molecule has 0 bridgehead atoms. The highest BCUT2D eigenvalue weighted by Gasteiger charge is 2.29. The molecule has 1 atom stereocenters. The predicted octanol–water partition coefficient (Wildman–Crippen LogP) is 2.57. The van der Waals surface area contributed by atoms with E-state index < -0.39 is 0 Å². The average Bonchev–Trinajstić information content (AvgIpc) is 3.16. The van der Waals surface area contributed by atoms with Gasteiger partial charge in [-0.1, -0.05) is 42.1 Å². The van der Waals surface area contributed by atoms with Gasteiger partial charge in [0, 0.05) is 13.1 Å². The number of nitrogens with one attached hydrogen (secondary N) is 1. The lowest BCUT2D eigenvalue weighted by atomic mass is 10.1. The highest BCUT2D eigenvalue weighted by molar-refractivity contribution is 8.00. The Morgan fingerprint density at radius 1 is 1.29 bits per heavy atom. The first-order chi connectivity index (χ1) is 10.2. The Labute approximate surface area is 128 Å². The number of likely N-dealkylation sites (tertiary alicyclic amines) is 1. The first kappa shape index (κ1) is 14.1. The molecule has 0 radical (unpaired) electrons. The number of aromatic amines is 1. The van der Waals surface area contributed by atoms with Gasteiger partial charge in [0.1, 0.15) is 11.1 Å². The number of hydrogen-bond donors (Lipinski definition) is 1. The van der Waals surface area contributed by atoms with Crippen LogP contribution in [-0.2, 0) is 4.79 Å². The molecule has 1 amide bonds. The average molecular weight is 302 g/mol. The third kappa shape index (κ3) is 3.26. The topological polar surface area (TPSA) is 61.9 Å². The molecule has 2 heterocycles.